The van der Waals surface area contributed by atoms with E-state index >= 15 is 0 Å². The van der Waals surface area contributed by atoms with Gasteiger partial charge < -0.3 is 14.2 Å². The van der Waals surface area contributed by atoms with E-state index in [9.17, 15) is 0 Å². The van der Waals surface area contributed by atoms with Crippen LogP contribution < -0.4 is 9.47 Å². The average Bonchev–Trinajstić information content (AvgIpc) is 2.74. The molecule has 0 fully saturated rings. The van der Waals surface area contributed by atoms with E-state index < -0.39 is 0 Å². The topological polar surface area (TPSA) is 27.7 Å². The Morgan fingerprint density at radius 1 is 0.762 bits per heavy atom. The molecule has 1 heterocycles. The Bertz CT molecular complexity index is 552. The van der Waals surface area contributed by atoms with Crippen LogP contribution >= 0.6 is 0 Å². The fourth-order valence-electron chi connectivity index (χ4n) is 2.43. The normalized spacial score (nSPS) is 12.2. The lowest BCUT2D eigenvalue weighted by molar-refractivity contribution is 0.109. The maximum atomic E-state index is 5.74. The molecule has 0 aliphatic carbocycles. The monoisotopic (exact) mass is 286 g/mol. The van der Waals surface area contributed by atoms with Crippen molar-refractivity contribution in [3.05, 3.63) is 47.5 Å². The van der Waals surface area contributed by atoms with Crippen LogP contribution in [-0.4, -0.2) is 14.2 Å². The maximum absolute atomic E-state index is 5.74. The maximum Gasteiger partial charge on any atom is 0.119 e. The number of methoxy groups -OCH3 is 2. The number of hydrogen-bond acceptors (Lipinski definition) is 3. The predicted molar refractivity (Wildman–Crippen MR) is 84.8 cm³/mol. The molecule has 0 bridgehead atoms. The highest BCUT2D eigenvalue weighted by molar-refractivity contribution is 5.72. The number of fused-ring (bicyclic) bond motifs is 3. The third-order valence-corrected chi connectivity index (χ3v) is 3.43. The van der Waals surface area contributed by atoms with Crippen molar-refractivity contribution < 1.29 is 14.2 Å². The van der Waals surface area contributed by atoms with Crippen molar-refractivity contribution in [3.63, 3.8) is 0 Å². The molecule has 0 aromatic heterocycles. The lowest BCUT2D eigenvalue weighted by atomic mass is 9.96. The molecule has 1 aliphatic rings. The molecular weight excluding hydrogens is 264 g/mol. The summed E-state index contributed by atoms with van der Waals surface area (Å²) in [6.07, 6.45) is 0. The lowest BCUT2D eigenvalue weighted by Crippen LogP contribution is -1.91. The van der Waals surface area contributed by atoms with Gasteiger partial charge in [-0.25, -0.2) is 0 Å². The minimum atomic E-state index is 0.601. The Morgan fingerprint density at radius 3 is 1.57 bits per heavy atom. The van der Waals surface area contributed by atoms with Crippen LogP contribution in [0.25, 0.3) is 11.1 Å². The molecule has 0 saturated heterocycles. The van der Waals surface area contributed by atoms with Crippen molar-refractivity contribution in [1.82, 2.24) is 0 Å². The molecule has 0 unspecified atom stereocenters. The van der Waals surface area contributed by atoms with E-state index in [1.165, 1.54) is 11.1 Å². The van der Waals surface area contributed by atoms with Crippen LogP contribution in [0.5, 0.6) is 11.5 Å². The van der Waals surface area contributed by atoms with Gasteiger partial charge in [0.15, 0.2) is 0 Å². The van der Waals surface area contributed by atoms with Gasteiger partial charge in [-0.05, 0) is 46.5 Å². The first kappa shape index (κ1) is 15.4. The van der Waals surface area contributed by atoms with Crippen LogP contribution in [-0.2, 0) is 18.0 Å². The van der Waals surface area contributed by atoms with Gasteiger partial charge >= 0.3 is 0 Å². The quantitative estimate of drug-likeness (QED) is 0.817. The number of benzene rings is 2. The number of ether oxygens (including phenoxy) is 3. The standard InChI is InChI=1S/C16H16O3.C2H6/c1-17-13-3-5-15-11(7-13)9-19-10-12-8-14(18-2)4-6-16(12)15;1-2/h3-8H,9-10H2,1-2H3;1-2H3. The van der Waals surface area contributed by atoms with Gasteiger partial charge in [0.25, 0.3) is 0 Å². The molecule has 0 saturated carbocycles. The first-order valence-corrected chi connectivity index (χ1v) is 7.24. The first-order valence-electron chi connectivity index (χ1n) is 7.24. The largest absolute Gasteiger partial charge is 0.497 e. The van der Waals surface area contributed by atoms with Crippen molar-refractivity contribution >= 4 is 0 Å². The second-order valence-electron chi connectivity index (χ2n) is 4.54. The van der Waals surface area contributed by atoms with Crippen molar-refractivity contribution in [2.45, 2.75) is 27.1 Å². The molecule has 1 aliphatic heterocycles. The summed E-state index contributed by atoms with van der Waals surface area (Å²) in [5.74, 6) is 1.72. The van der Waals surface area contributed by atoms with Crippen molar-refractivity contribution in [2.75, 3.05) is 14.2 Å². The second kappa shape index (κ2) is 7.14. The molecule has 0 N–H and O–H groups in total. The Labute approximate surface area is 126 Å². The van der Waals surface area contributed by atoms with E-state index in [2.05, 4.69) is 12.1 Å². The van der Waals surface area contributed by atoms with Crippen LogP contribution in [0, 0.1) is 0 Å². The van der Waals surface area contributed by atoms with Gasteiger partial charge in [0.1, 0.15) is 11.5 Å². The van der Waals surface area contributed by atoms with E-state index in [-0.39, 0.29) is 0 Å². The Kier molecular flexibility index (Phi) is 5.23. The molecule has 0 spiro atoms. The summed E-state index contributed by atoms with van der Waals surface area (Å²) in [7, 11) is 3.36. The molecule has 0 amide bonds. The summed E-state index contributed by atoms with van der Waals surface area (Å²) in [4.78, 5) is 0. The zero-order valence-corrected chi connectivity index (χ0v) is 13.1. The number of hydrogen-bond donors (Lipinski definition) is 0. The van der Waals surface area contributed by atoms with E-state index in [0.29, 0.717) is 13.2 Å². The zero-order valence-electron chi connectivity index (χ0n) is 13.1. The van der Waals surface area contributed by atoms with Gasteiger partial charge in [0.05, 0.1) is 27.4 Å². The third kappa shape index (κ3) is 3.19. The molecule has 2 aromatic rings. The third-order valence-electron chi connectivity index (χ3n) is 3.43. The molecule has 3 heteroatoms. The molecule has 112 valence electrons. The molecule has 21 heavy (non-hydrogen) atoms. The van der Waals surface area contributed by atoms with Crippen LogP contribution in [0.15, 0.2) is 36.4 Å². The first-order chi connectivity index (χ1) is 10.3. The average molecular weight is 286 g/mol. The van der Waals surface area contributed by atoms with Gasteiger partial charge in [-0.15, -0.1) is 0 Å². The number of rotatable bonds is 2. The highest BCUT2D eigenvalue weighted by atomic mass is 16.5. The zero-order chi connectivity index (χ0) is 15.2. The minimum Gasteiger partial charge on any atom is -0.497 e. The van der Waals surface area contributed by atoms with E-state index in [1.54, 1.807) is 14.2 Å². The summed E-state index contributed by atoms with van der Waals surface area (Å²) in [6.45, 7) is 5.20. The van der Waals surface area contributed by atoms with Crippen LogP contribution in [0.3, 0.4) is 0 Å². The van der Waals surface area contributed by atoms with E-state index in [0.717, 1.165) is 22.6 Å². The summed E-state index contributed by atoms with van der Waals surface area (Å²) >= 11 is 0. The Morgan fingerprint density at radius 2 is 1.19 bits per heavy atom. The van der Waals surface area contributed by atoms with Crippen LogP contribution in [0.2, 0.25) is 0 Å². The van der Waals surface area contributed by atoms with Crippen LogP contribution in [0.1, 0.15) is 25.0 Å². The van der Waals surface area contributed by atoms with Crippen molar-refractivity contribution in [3.8, 4) is 22.6 Å². The lowest BCUT2D eigenvalue weighted by Gasteiger charge is -2.11. The molecule has 2 aromatic carbocycles. The SMILES string of the molecule is CC.COc1ccc2c(c1)COCc1cc(OC)ccc1-2. The minimum absolute atomic E-state index is 0.601. The highest BCUT2D eigenvalue weighted by Crippen LogP contribution is 2.35. The van der Waals surface area contributed by atoms with Crippen molar-refractivity contribution in [1.29, 1.82) is 0 Å². The van der Waals surface area contributed by atoms with Crippen LogP contribution in [0.4, 0.5) is 0 Å². The molecule has 0 atom stereocenters. The highest BCUT2D eigenvalue weighted by Gasteiger charge is 2.15. The van der Waals surface area contributed by atoms with Gasteiger partial charge in [-0.1, -0.05) is 26.0 Å². The van der Waals surface area contributed by atoms with Gasteiger partial charge in [-0.3, -0.25) is 0 Å². The summed E-state index contributed by atoms with van der Waals surface area (Å²) in [5, 5.41) is 0. The van der Waals surface area contributed by atoms with Gasteiger partial charge in [0.2, 0.25) is 0 Å². The fourth-order valence-corrected chi connectivity index (χ4v) is 2.43. The fraction of sp³-hybridized carbons (Fsp3) is 0.333. The second-order valence-corrected chi connectivity index (χ2v) is 4.54. The van der Waals surface area contributed by atoms with Gasteiger partial charge in [0, 0.05) is 0 Å². The molecule has 3 nitrogen and oxygen atoms in total. The summed E-state index contributed by atoms with van der Waals surface area (Å²) in [6, 6.07) is 12.2. The Balaban J connectivity index is 0.000000774. The molecule has 3 rings (SSSR count). The molecular formula is C18H22O3. The summed E-state index contributed by atoms with van der Waals surface area (Å²) in [5.41, 5.74) is 4.72. The van der Waals surface area contributed by atoms with E-state index in [4.69, 9.17) is 14.2 Å². The van der Waals surface area contributed by atoms with E-state index in [1.807, 2.05) is 38.1 Å². The predicted octanol–water partition coefficient (Wildman–Crippen LogP) is 4.43. The summed E-state index contributed by atoms with van der Waals surface area (Å²) < 4.78 is 16.3. The van der Waals surface area contributed by atoms with Crippen molar-refractivity contribution in [2.24, 2.45) is 0 Å². The molecule has 0 radical (unpaired) electrons. The van der Waals surface area contributed by atoms with Gasteiger partial charge in [-0.2, -0.15) is 0 Å². The smallest absolute Gasteiger partial charge is 0.119 e. The Hall–Kier alpha value is -2.00.